The van der Waals surface area contributed by atoms with Crippen LogP contribution in [0.3, 0.4) is 0 Å². The summed E-state index contributed by atoms with van der Waals surface area (Å²) in [6, 6.07) is -0.205. The number of nitrogens with zero attached hydrogens (tertiary/aromatic N) is 2. The third-order valence-electron chi connectivity index (χ3n) is 3.53. The molecule has 1 heterocycles. The van der Waals surface area contributed by atoms with Crippen LogP contribution in [0, 0.1) is 0 Å². The van der Waals surface area contributed by atoms with Crippen molar-refractivity contribution < 1.29 is 27.8 Å². The molecule has 0 bridgehead atoms. The van der Waals surface area contributed by atoms with E-state index < -0.39 is 30.5 Å². The van der Waals surface area contributed by atoms with E-state index in [0.717, 1.165) is 4.57 Å². The molecule has 0 aliphatic heterocycles. The number of hydrogen-bond acceptors (Lipinski definition) is 5. The largest absolute Gasteiger partial charge is 0.522 e. The summed E-state index contributed by atoms with van der Waals surface area (Å²) in [5.41, 5.74) is -0.580. The fraction of sp³-hybridized carbons (Fsp3) is 0.615. The summed E-state index contributed by atoms with van der Waals surface area (Å²) in [6.45, 7) is -0.484. The number of carbonyl (C=O) groups is 1. The molecule has 2 rings (SSSR count). The Bertz CT molecular complexity index is 609. The molecule has 1 saturated carbocycles. The highest BCUT2D eigenvalue weighted by atomic mass is 19.4. The van der Waals surface area contributed by atoms with Gasteiger partial charge in [-0.1, -0.05) is 0 Å². The fourth-order valence-electron chi connectivity index (χ4n) is 2.52. The van der Waals surface area contributed by atoms with Gasteiger partial charge in [0.15, 0.2) is 5.82 Å². The number of halogens is 3. The fourth-order valence-corrected chi connectivity index (χ4v) is 2.52. The first-order valence-electron chi connectivity index (χ1n) is 7.03. The number of hydrogen-bond donors (Lipinski definition) is 2. The van der Waals surface area contributed by atoms with Gasteiger partial charge < -0.3 is 10.4 Å². The van der Waals surface area contributed by atoms with Crippen molar-refractivity contribution in [3.05, 3.63) is 22.7 Å². The van der Waals surface area contributed by atoms with Crippen molar-refractivity contribution in [2.45, 2.75) is 50.7 Å². The van der Waals surface area contributed by atoms with E-state index in [1.54, 1.807) is 0 Å². The highest BCUT2D eigenvalue weighted by molar-refractivity contribution is 5.66. The Morgan fingerprint density at radius 1 is 1.39 bits per heavy atom. The second kappa shape index (κ2) is 6.99. The molecule has 0 unspecified atom stereocenters. The van der Waals surface area contributed by atoms with Gasteiger partial charge in [0.05, 0.1) is 6.10 Å². The highest BCUT2D eigenvalue weighted by Gasteiger charge is 2.35. The molecule has 1 aromatic rings. The van der Waals surface area contributed by atoms with Gasteiger partial charge in [-0.25, -0.2) is 4.98 Å². The quantitative estimate of drug-likeness (QED) is 0.849. The molecule has 128 valence electrons. The predicted octanol–water partition coefficient (Wildman–Crippen LogP) is 1.59. The van der Waals surface area contributed by atoms with E-state index in [1.807, 2.05) is 0 Å². The summed E-state index contributed by atoms with van der Waals surface area (Å²) in [7, 11) is 0. The van der Waals surface area contributed by atoms with Crippen molar-refractivity contribution in [1.29, 1.82) is 0 Å². The number of aliphatic carboxylic acids is 1. The summed E-state index contributed by atoms with van der Waals surface area (Å²) in [4.78, 5) is 26.6. The molecule has 0 spiro atoms. The SMILES string of the molecule is O=C(O)Cn1ccnc(NC2CCC(OC(F)(F)F)CC2)c1=O. The summed E-state index contributed by atoms with van der Waals surface area (Å²) in [6.07, 6.45) is -1.73. The molecule has 0 amide bonds. The number of carboxylic acid groups (broad SMARTS) is 1. The average molecular weight is 335 g/mol. The molecule has 0 radical (unpaired) electrons. The first kappa shape index (κ1) is 17.3. The van der Waals surface area contributed by atoms with Crippen molar-refractivity contribution in [2.24, 2.45) is 0 Å². The van der Waals surface area contributed by atoms with Gasteiger partial charge in [-0.2, -0.15) is 0 Å². The minimum absolute atomic E-state index is 0.00561. The van der Waals surface area contributed by atoms with Crippen molar-refractivity contribution in [1.82, 2.24) is 9.55 Å². The molecule has 0 saturated heterocycles. The van der Waals surface area contributed by atoms with Crippen LogP contribution in [-0.4, -0.2) is 39.1 Å². The molecular weight excluding hydrogens is 319 g/mol. The van der Waals surface area contributed by atoms with Crippen LogP contribution in [0.2, 0.25) is 0 Å². The maximum absolute atomic E-state index is 12.1. The van der Waals surface area contributed by atoms with Crippen molar-refractivity contribution in [3.8, 4) is 0 Å². The Balaban J connectivity index is 1.94. The normalized spacial score (nSPS) is 21.9. The second-order valence-electron chi connectivity index (χ2n) is 5.28. The minimum Gasteiger partial charge on any atom is -0.480 e. The van der Waals surface area contributed by atoms with Gasteiger partial charge in [0.25, 0.3) is 5.56 Å². The van der Waals surface area contributed by atoms with Crippen molar-refractivity contribution in [3.63, 3.8) is 0 Å². The van der Waals surface area contributed by atoms with E-state index >= 15 is 0 Å². The third-order valence-corrected chi connectivity index (χ3v) is 3.53. The maximum atomic E-state index is 12.1. The van der Waals surface area contributed by atoms with Crippen LogP contribution in [0.5, 0.6) is 0 Å². The first-order valence-corrected chi connectivity index (χ1v) is 7.03. The molecule has 10 heteroatoms. The first-order chi connectivity index (χ1) is 10.7. The molecule has 1 aliphatic carbocycles. The summed E-state index contributed by atoms with van der Waals surface area (Å²) in [5.74, 6) is -1.16. The van der Waals surface area contributed by atoms with Gasteiger partial charge in [0.1, 0.15) is 6.54 Å². The van der Waals surface area contributed by atoms with Gasteiger partial charge in [-0.15, -0.1) is 13.2 Å². The van der Waals surface area contributed by atoms with Crippen LogP contribution < -0.4 is 10.9 Å². The van der Waals surface area contributed by atoms with Crippen LogP contribution in [0.1, 0.15) is 25.7 Å². The lowest BCUT2D eigenvalue weighted by Gasteiger charge is -2.29. The molecule has 0 aromatic carbocycles. The van der Waals surface area contributed by atoms with Crippen LogP contribution >= 0.6 is 0 Å². The molecule has 0 atom stereocenters. The van der Waals surface area contributed by atoms with E-state index in [0.29, 0.717) is 12.8 Å². The van der Waals surface area contributed by atoms with Gasteiger partial charge in [0, 0.05) is 18.4 Å². The summed E-state index contributed by atoms with van der Waals surface area (Å²) in [5, 5.41) is 11.6. The number of anilines is 1. The Hall–Kier alpha value is -2.10. The number of aromatic nitrogens is 2. The molecule has 1 fully saturated rings. The number of ether oxygens (including phenoxy) is 1. The molecule has 1 aromatic heterocycles. The lowest BCUT2D eigenvalue weighted by atomic mass is 9.93. The standard InChI is InChI=1S/C13H16F3N3O4/c14-13(15,16)23-9-3-1-8(2-4-9)18-11-12(22)19(6-5-17-11)7-10(20)21/h5-6,8-9H,1-4,7H2,(H,17,18)(H,20,21). The number of nitrogens with one attached hydrogen (secondary N) is 1. The second-order valence-corrected chi connectivity index (χ2v) is 5.28. The number of rotatable bonds is 5. The van der Waals surface area contributed by atoms with Crippen molar-refractivity contribution in [2.75, 3.05) is 5.32 Å². The van der Waals surface area contributed by atoms with Crippen LogP contribution in [0.15, 0.2) is 17.2 Å². The van der Waals surface area contributed by atoms with Crippen LogP contribution in [0.4, 0.5) is 19.0 Å². The predicted molar refractivity (Wildman–Crippen MR) is 72.9 cm³/mol. The smallest absolute Gasteiger partial charge is 0.480 e. The molecular formula is C13H16F3N3O4. The zero-order valence-electron chi connectivity index (χ0n) is 12.0. The van der Waals surface area contributed by atoms with Crippen LogP contribution in [0.25, 0.3) is 0 Å². The van der Waals surface area contributed by atoms with E-state index in [-0.39, 0.29) is 24.7 Å². The van der Waals surface area contributed by atoms with E-state index in [2.05, 4.69) is 15.0 Å². The van der Waals surface area contributed by atoms with E-state index in [4.69, 9.17) is 5.11 Å². The lowest BCUT2D eigenvalue weighted by Crippen LogP contribution is -2.35. The molecule has 1 aliphatic rings. The monoisotopic (exact) mass is 335 g/mol. The zero-order chi connectivity index (χ0) is 17.0. The lowest BCUT2D eigenvalue weighted by molar-refractivity contribution is -0.345. The average Bonchev–Trinajstić information content (AvgIpc) is 2.43. The van der Waals surface area contributed by atoms with Gasteiger partial charge >= 0.3 is 12.3 Å². The summed E-state index contributed by atoms with van der Waals surface area (Å²) < 4.78 is 41.4. The zero-order valence-corrected chi connectivity index (χ0v) is 12.0. The van der Waals surface area contributed by atoms with E-state index in [9.17, 15) is 22.8 Å². The Kier molecular flexibility index (Phi) is 5.24. The topological polar surface area (TPSA) is 93.4 Å². The number of carboxylic acids is 1. The minimum atomic E-state index is -4.64. The molecule has 7 nitrogen and oxygen atoms in total. The highest BCUT2D eigenvalue weighted by Crippen LogP contribution is 2.28. The Morgan fingerprint density at radius 3 is 2.61 bits per heavy atom. The maximum Gasteiger partial charge on any atom is 0.522 e. The van der Waals surface area contributed by atoms with Gasteiger partial charge in [0.2, 0.25) is 0 Å². The number of alkyl halides is 3. The molecule has 2 N–H and O–H groups in total. The Labute approximate surface area is 129 Å². The van der Waals surface area contributed by atoms with E-state index in [1.165, 1.54) is 12.4 Å². The Morgan fingerprint density at radius 2 is 2.04 bits per heavy atom. The van der Waals surface area contributed by atoms with Gasteiger partial charge in [-0.3, -0.25) is 18.9 Å². The van der Waals surface area contributed by atoms with Crippen molar-refractivity contribution >= 4 is 11.8 Å². The van der Waals surface area contributed by atoms with Gasteiger partial charge in [-0.05, 0) is 25.7 Å². The third kappa shape index (κ3) is 5.23. The summed E-state index contributed by atoms with van der Waals surface area (Å²) >= 11 is 0. The van der Waals surface area contributed by atoms with Crippen LogP contribution in [-0.2, 0) is 16.1 Å². The molecule has 23 heavy (non-hydrogen) atoms.